The molecule has 88 valence electrons. The summed E-state index contributed by atoms with van der Waals surface area (Å²) in [6.45, 7) is 3.53. The first-order valence-corrected chi connectivity index (χ1v) is 5.70. The lowest BCUT2D eigenvalue weighted by Gasteiger charge is -2.31. The molecule has 0 amide bonds. The van der Waals surface area contributed by atoms with Crippen LogP contribution in [0.4, 0.5) is 0 Å². The third-order valence-electron chi connectivity index (χ3n) is 3.57. The molecule has 1 aliphatic heterocycles. The number of ether oxygens (including phenoxy) is 2. The van der Waals surface area contributed by atoms with Crippen LogP contribution < -0.4 is 10.5 Å². The Bertz CT molecular complexity index is 367. The topological polar surface area (TPSA) is 44.5 Å². The number of benzene rings is 1. The van der Waals surface area contributed by atoms with E-state index in [-0.39, 0.29) is 5.60 Å². The van der Waals surface area contributed by atoms with Crippen LogP contribution in [0, 0.1) is 5.92 Å². The molecule has 1 saturated heterocycles. The lowest BCUT2D eigenvalue weighted by Crippen LogP contribution is -2.33. The fraction of sp³-hybridized carbons (Fsp3) is 0.538. The highest BCUT2D eigenvalue weighted by Crippen LogP contribution is 2.43. The average molecular weight is 221 g/mol. The van der Waals surface area contributed by atoms with Gasteiger partial charge in [0.25, 0.3) is 0 Å². The number of nitrogens with two attached hydrogens (primary N) is 1. The maximum absolute atomic E-state index is 5.91. The van der Waals surface area contributed by atoms with E-state index in [0.717, 1.165) is 24.3 Å². The second-order valence-corrected chi connectivity index (χ2v) is 4.38. The number of methoxy groups -OCH3 is 1. The molecule has 1 fully saturated rings. The van der Waals surface area contributed by atoms with Crippen LogP contribution in [0.15, 0.2) is 24.3 Å². The van der Waals surface area contributed by atoms with Crippen molar-refractivity contribution in [3.05, 3.63) is 29.8 Å². The zero-order valence-corrected chi connectivity index (χ0v) is 9.90. The van der Waals surface area contributed by atoms with E-state index in [2.05, 4.69) is 13.0 Å². The van der Waals surface area contributed by atoms with Crippen LogP contribution in [0.1, 0.15) is 18.9 Å². The number of rotatable bonds is 3. The van der Waals surface area contributed by atoms with Crippen LogP contribution in [0.2, 0.25) is 0 Å². The minimum atomic E-state index is -0.304. The molecule has 2 rings (SSSR count). The predicted molar refractivity (Wildman–Crippen MR) is 63.5 cm³/mol. The molecule has 0 aliphatic carbocycles. The summed E-state index contributed by atoms with van der Waals surface area (Å²) in [6, 6.07) is 8.01. The Morgan fingerprint density at radius 1 is 1.50 bits per heavy atom. The monoisotopic (exact) mass is 221 g/mol. The molecular weight excluding hydrogens is 202 g/mol. The van der Waals surface area contributed by atoms with Crippen LogP contribution in [-0.4, -0.2) is 20.3 Å². The van der Waals surface area contributed by atoms with Gasteiger partial charge in [0.05, 0.1) is 12.7 Å². The van der Waals surface area contributed by atoms with E-state index in [0.29, 0.717) is 12.5 Å². The van der Waals surface area contributed by atoms with E-state index in [9.17, 15) is 0 Å². The summed E-state index contributed by atoms with van der Waals surface area (Å²) in [5, 5.41) is 0. The summed E-state index contributed by atoms with van der Waals surface area (Å²) in [5.41, 5.74) is 6.62. The van der Waals surface area contributed by atoms with Crippen molar-refractivity contribution >= 4 is 0 Å². The van der Waals surface area contributed by atoms with E-state index >= 15 is 0 Å². The van der Waals surface area contributed by atoms with Crippen LogP contribution in [0.3, 0.4) is 0 Å². The summed E-state index contributed by atoms with van der Waals surface area (Å²) < 4.78 is 11.3. The standard InChI is InChI=1S/C13H19NO2/c1-13(10(9-14)7-8-16-13)11-5-3-4-6-12(11)15-2/h3-6,10H,7-9,14H2,1-2H3. The van der Waals surface area contributed by atoms with E-state index in [1.807, 2.05) is 18.2 Å². The normalized spacial score (nSPS) is 29.3. The molecule has 0 spiro atoms. The van der Waals surface area contributed by atoms with Gasteiger partial charge < -0.3 is 15.2 Å². The van der Waals surface area contributed by atoms with E-state index in [4.69, 9.17) is 15.2 Å². The molecular formula is C13H19NO2. The van der Waals surface area contributed by atoms with Gasteiger partial charge in [-0.15, -0.1) is 0 Å². The van der Waals surface area contributed by atoms with Crippen molar-refractivity contribution in [2.45, 2.75) is 18.9 Å². The van der Waals surface area contributed by atoms with Crippen molar-refractivity contribution in [2.24, 2.45) is 11.7 Å². The maximum Gasteiger partial charge on any atom is 0.124 e. The van der Waals surface area contributed by atoms with Crippen LogP contribution >= 0.6 is 0 Å². The molecule has 0 aromatic heterocycles. The van der Waals surface area contributed by atoms with E-state index in [1.54, 1.807) is 7.11 Å². The maximum atomic E-state index is 5.91. The summed E-state index contributed by atoms with van der Waals surface area (Å²) in [4.78, 5) is 0. The van der Waals surface area contributed by atoms with Crippen molar-refractivity contribution in [2.75, 3.05) is 20.3 Å². The number of para-hydroxylation sites is 1. The summed E-state index contributed by atoms with van der Waals surface area (Å²) in [6.07, 6.45) is 1.02. The highest BCUT2D eigenvalue weighted by atomic mass is 16.5. The average Bonchev–Trinajstić information content (AvgIpc) is 2.71. The van der Waals surface area contributed by atoms with Gasteiger partial charge in [0.15, 0.2) is 0 Å². The first kappa shape index (κ1) is 11.4. The highest BCUT2D eigenvalue weighted by molar-refractivity contribution is 5.38. The Balaban J connectivity index is 2.41. The van der Waals surface area contributed by atoms with Gasteiger partial charge in [-0.25, -0.2) is 0 Å². The molecule has 2 N–H and O–H groups in total. The fourth-order valence-corrected chi connectivity index (χ4v) is 2.50. The molecule has 16 heavy (non-hydrogen) atoms. The summed E-state index contributed by atoms with van der Waals surface area (Å²) >= 11 is 0. The van der Waals surface area contributed by atoms with Gasteiger partial charge in [0.2, 0.25) is 0 Å². The second-order valence-electron chi connectivity index (χ2n) is 4.38. The molecule has 2 atom stereocenters. The molecule has 0 saturated carbocycles. The molecule has 3 nitrogen and oxygen atoms in total. The molecule has 1 aromatic carbocycles. The van der Waals surface area contributed by atoms with Crippen molar-refractivity contribution in [1.29, 1.82) is 0 Å². The Hall–Kier alpha value is -1.06. The predicted octanol–water partition coefficient (Wildman–Crippen LogP) is 1.91. The van der Waals surface area contributed by atoms with E-state index in [1.165, 1.54) is 0 Å². The number of hydrogen-bond donors (Lipinski definition) is 1. The van der Waals surface area contributed by atoms with Gasteiger partial charge in [-0.1, -0.05) is 18.2 Å². The first-order chi connectivity index (χ1) is 7.72. The summed E-state index contributed by atoms with van der Waals surface area (Å²) in [5.74, 6) is 1.24. The van der Waals surface area contributed by atoms with Crippen molar-refractivity contribution in [3.63, 3.8) is 0 Å². The Morgan fingerprint density at radius 2 is 2.25 bits per heavy atom. The minimum Gasteiger partial charge on any atom is -0.496 e. The van der Waals surface area contributed by atoms with Gasteiger partial charge >= 0.3 is 0 Å². The lowest BCUT2D eigenvalue weighted by atomic mass is 9.82. The van der Waals surface area contributed by atoms with Crippen molar-refractivity contribution in [1.82, 2.24) is 0 Å². The molecule has 0 radical (unpaired) electrons. The smallest absolute Gasteiger partial charge is 0.124 e. The van der Waals surface area contributed by atoms with Gasteiger partial charge in [-0.3, -0.25) is 0 Å². The van der Waals surface area contributed by atoms with Gasteiger partial charge in [-0.05, 0) is 26.0 Å². The lowest BCUT2D eigenvalue weighted by molar-refractivity contribution is -0.00964. The van der Waals surface area contributed by atoms with Crippen LogP contribution in [0.5, 0.6) is 5.75 Å². The van der Waals surface area contributed by atoms with Gasteiger partial charge in [-0.2, -0.15) is 0 Å². The number of hydrogen-bond acceptors (Lipinski definition) is 3. The van der Waals surface area contributed by atoms with Crippen molar-refractivity contribution < 1.29 is 9.47 Å². The molecule has 1 heterocycles. The van der Waals surface area contributed by atoms with Crippen LogP contribution in [-0.2, 0) is 10.3 Å². The molecule has 0 bridgehead atoms. The van der Waals surface area contributed by atoms with Gasteiger partial charge in [0.1, 0.15) is 5.75 Å². The quantitative estimate of drug-likeness (QED) is 0.848. The Morgan fingerprint density at radius 3 is 2.94 bits per heavy atom. The highest BCUT2D eigenvalue weighted by Gasteiger charge is 2.42. The minimum absolute atomic E-state index is 0.304. The fourth-order valence-electron chi connectivity index (χ4n) is 2.50. The SMILES string of the molecule is COc1ccccc1C1(C)OCCC1CN. The molecule has 1 aromatic rings. The van der Waals surface area contributed by atoms with Crippen LogP contribution in [0.25, 0.3) is 0 Å². The third-order valence-corrected chi connectivity index (χ3v) is 3.57. The van der Waals surface area contributed by atoms with Crippen molar-refractivity contribution in [3.8, 4) is 5.75 Å². The van der Waals surface area contributed by atoms with Gasteiger partial charge in [0, 0.05) is 18.1 Å². The zero-order valence-electron chi connectivity index (χ0n) is 9.90. The Labute approximate surface area is 96.5 Å². The second kappa shape index (κ2) is 4.44. The molecule has 2 unspecified atom stereocenters. The zero-order chi connectivity index (χ0) is 11.6. The summed E-state index contributed by atoms with van der Waals surface area (Å²) in [7, 11) is 1.69. The largest absolute Gasteiger partial charge is 0.496 e. The molecule has 3 heteroatoms. The van der Waals surface area contributed by atoms with E-state index < -0.39 is 0 Å². The third kappa shape index (κ3) is 1.70. The Kier molecular flexibility index (Phi) is 3.17. The molecule has 1 aliphatic rings. The first-order valence-electron chi connectivity index (χ1n) is 5.70.